The summed E-state index contributed by atoms with van der Waals surface area (Å²) < 4.78 is 44.5. The largest absolute Gasteiger partial charge is 0.427 e. The zero-order chi connectivity index (χ0) is 27.6. The maximum Gasteiger partial charge on any atom is 0.416 e. The van der Waals surface area contributed by atoms with Gasteiger partial charge in [0.25, 0.3) is 0 Å². The molecule has 0 aromatic heterocycles. The number of fused-ring (bicyclic) bond motifs is 1. The number of carbonyl (C=O) groups is 2. The Hall–Kier alpha value is -3.13. The molecule has 5 rings (SSSR count). The van der Waals surface area contributed by atoms with Gasteiger partial charge in [-0.3, -0.25) is 9.59 Å². The molecule has 3 fully saturated rings. The lowest BCUT2D eigenvalue weighted by Crippen LogP contribution is -2.56. The molecule has 5 nitrogen and oxygen atoms in total. The van der Waals surface area contributed by atoms with E-state index in [1.165, 1.54) is 38.0 Å². The molecule has 3 aliphatic rings. The van der Waals surface area contributed by atoms with Gasteiger partial charge in [0.15, 0.2) is 0 Å². The van der Waals surface area contributed by atoms with Crippen molar-refractivity contribution in [2.24, 2.45) is 11.8 Å². The van der Waals surface area contributed by atoms with E-state index in [0.717, 1.165) is 68.9 Å². The Balaban J connectivity index is 1.32. The van der Waals surface area contributed by atoms with Gasteiger partial charge in [-0.2, -0.15) is 13.2 Å². The number of piperidine rings is 1. The number of nitrogens with zero attached hydrogens (tertiary/aromatic N) is 1. The Bertz CT molecular complexity index is 1240. The third-order valence-corrected chi connectivity index (χ3v) is 8.48. The summed E-state index contributed by atoms with van der Waals surface area (Å²) in [5.74, 6) is 1.10. The number of ether oxygens (including phenoxy) is 1. The predicted octanol–water partition coefficient (Wildman–Crippen LogP) is 5.98. The lowest BCUT2D eigenvalue weighted by Gasteiger charge is -2.53. The number of hydrogen-bond acceptors (Lipinski definition) is 4. The van der Waals surface area contributed by atoms with Crippen molar-refractivity contribution in [1.29, 1.82) is 0 Å². The maximum absolute atomic E-state index is 13.0. The summed E-state index contributed by atoms with van der Waals surface area (Å²) in [6.45, 7) is 4.55. The molecule has 1 N–H and O–H groups in total. The average molecular weight is 541 g/mol. The van der Waals surface area contributed by atoms with Gasteiger partial charge in [0, 0.05) is 37.5 Å². The topological polar surface area (TPSA) is 58.6 Å². The zero-order valence-corrected chi connectivity index (χ0v) is 22.2. The molecule has 3 unspecified atom stereocenters. The van der Waals surface area contributed by atoms with Gasteiger partial charge in [0.05, 0.1) is 5.56 Å². The summed E-state index contributed by atoms with van der Waals surface area (Å²) in [6.07, 6.45) is 4.47. The van der Waals surface area contributed by atoms with E-state index < -0.39 is 11.7 Å². The van der Waals surface area contributed by atoms with Crippen molar-refractivity contribution in [3.63, 3.8) is 0 Å². The van der Waals surface area contributed by atoms with Crippen molar-refractivity contribution in [1.82, 2.24) is 10.2 Å². The monoisotopic (exact) mass is 540 g/mol. The quantitative estimate of drug-likeness (QED) is 0.267. The first-order valence-corrected chi connectivity index (χ1v) is 13.8. The number of likely N-dealkylation sites (tertiary alicyclic amines) is 1. The Morgan fingerprint density at radius 3 is 2.64 bits per heavy atom. The number of carbonyl (C=O) groups excluding carboxylic acids is 2. The van der Waals surface area contributed by atoms with Gasteiger partial charge < -0.3 is 15.0 Å². The van der Waals surface area contributed by atoms with E-state index in [2.05, 4.69) is 16.3 Å². The molecule has 2 aliphatic carbocycles. The fourth-order valence-electron chi connectivity index (χ4n) is 6.45. The fraction of sp³-hybridized carbons (Fsp3) is 0.484. The minimum atomic E-state index is -4.43. The van der Waals surface area contributed by atoms with Gasteiger partial charge in [-0.05, 0) is 98.4 Å². The Morgan fingerprint density at radius 2 is 1.90 bits per heavy atom. The summed E-state index contributed by atoms with van der Waals surface area (Å²) in [4.78, 5) is 27.0. The molecule has 2 saturated carbocycles. The zero-order valence-electron chi connectivity index (χ0n) is 22.2. The number of rotatable bonds is 7. The summed E-state index contributed by atoms with van der Waals surface area (Å²) in [5.41, 5.74) is 0.563. The van der Waals surface area contributed by atoms with Crippen molar-refractivity contribution in [3.8, 4) is 5.75 Å². The van der Waals surface area contributed by atoms with Crippen LogP contribution >= 0.6 is 0 Å². The average Bonchev–Trinajstić information content (AvgIpc) is 3.71. The third-order valence-electron chi connectivity index (χ3n) is 8.48. The highest BCUT2D eigenvalue weighted by atomic mass is 19.4. The summed E-state index contributed by atoms with van der Waals surface area (Å²) in [5, 5.41) is 3.11. The summed E-state index contributed by atoms with van der Waals surface area (Å²) in [7, 11) is 0. The van der Waals surface area contributed by atoms with Crippen LogP contribution < -0.4 is 10.1 Å². The molecule has 1 heterocycles. The van der Waals surface area contributed by atoms with Crippen molar-refractivity contribution in [3.05, 3.63) is 71.3 Å². The third kappa shape index (κ3) is 6.72. The van der Waals surface area contributed by atoms with Crippen LogP contribution in [0.1, 0.15) is 62.1 Å². The predicted molar refractivity (Wildman–Crippen MR) is 143 cm³/mol. The molecule has 2 aromatic carbocycles. The van der Waals surface area contributed by atoms with E-state index >= 15 is 0 Å². The molecule has 208 valence electrons. The highest BCUT2D eigenvalue weighted by molar-refractivity contribution is 5.92. The van der Waals surface area contributed by atoms with E-state index in [1.54, 1.807) is 12.1 Å². The van der Waals surface area contributed by atoms with Crippen molar-refractivity contribution < 1.29 is 27.5 Å². The minimum absolute atomic E-state index is 0.0627. The number of hydrogen-bond donors (Lipinski definition) is 1. The smallest absolute Gasteiger partial charge is 0.416 e. The lowest BCUT2D eigenvalue weighted by molar-refractivity contribution is -0.137. The van der Waals surface area contributed by atoms with Crippen LogP contribution in [0.5, 0.6) is 5.75 Å². The van der Waals surface area contributed by atoms with Crippen LogP contribution in [-0.2, 0) is 21.2 Å². The molecule has 1 amide bonds. The van der Waals surface area contributed by atoms with Crippen LogP contribution in [0.2, 0.25) is 0 Å². The number of halogens is 3. The van der Waals surface area contributed by atoms with Crippen LogP contribution in [0.3, 0.4) is 0 Å². The van der Waals surface area contributed by atoms with Gasteiger partial charge in [0.2, 0.25) is 5.91 Å². The Labute approximate surface area is 227 Å². The Morgan fingerprint density at radius 1 is 1.10 bits per heavy atom. The van der Waals surface area contributed by atoms with Gasteiger partial charge in [0.1, 0.15) is 5.75 Å². The van der Waals surface area contributed by atoms with Gasteiger partial charge in [-0.15, -0.1) is 0 Å². The molecule has 39 heavy (non-hydrogen) atoms. The minimum Gasteiger partial charge on any atom is -0.427 e. The van der Waals surface area contributed by atoms with E-state index in [1.807, 2.05) is 12.1 Å². The SMILES string of the molecule is CC(=O)Oc1cccc(C23CCN(CC4CC4)CC2CCC(NC(=O)C=Cc2cccc(C(F)(F)F)c2)C3)c1. The van der Waals surface area contributed by atoms with Crippen LogP contribution in [0, 0.1) is 11.8 Å². The number of esters is 1. The second-order valence-corrected chi connectivity index (χ2v) is 11.4. The Kier molecular flexibility index (Phi) is 7.85. The van der Waals surface area contributed by atoms with E-state index in [9.17, 15) is 22.8 Å². The highest BCUT2D eigenvalue weighted by Gasteiger charge is 2.48. The first kappa shape index (κ1) is 27.4. The van der Waals surface area contributed by atoms with E-state index in [-0.39, 0.29) is 23.3 Å². The number of amides is 1. The van der Waals surface area contributed by atoms with Gasteiger partial charge in [-0.1, -0.05) is 24.3 Å². The number of nitrogens with one attached hydrogen (secondary N) is 1. The highest BCUT2D eigenvalue weighted by Crippen LogP contribution is 2.50. The second-order valence-electron chi connectivity index (χ2n) is 11.4. The maximum atomic E-state index is 13.0. The molecular formula is C31H35F3N2O3. The lowest BCUT2D eigenvalue weighted by atomic mass is 9.58. The first-order chi connectivity index (χ1) is 18.6. The van der Waals surface area contributed by atoms with Crippen LogP contribution in [0.15, 0.2) is 54.6 Å². The van der Waals surface area contributed by atoms with Gasteiger partial charge >= 0.3 is 12.1 Å². The molecule has 1 saturated heterocycles. The van der Waals surface area contributed by atoms with Crippen molar-refractivity contribution in [2.75, 3.05) is 19.6 Å². The van der Waals surface area contributed by atoms with Crippen LogP contribution in [-0.4, -0.2) is 42.5 Å². The molecule has 0 radical (unpaired) electrons. The molecule has 0 bridgehead atoms. The molecule has 0 spiro atoms. The molecule has 8 heteroatoms. The van der Waals surface area contributed by atoms with Crippen LogP contribution in [0.4, 0.5) is 13.2 Å². The fourth-order valence-corrected chi connectivity index (χ4v) is 6.45. The van der Waals surface area contributed by atoms with Crippen LogP contribution in [0.25, 0.3) is 6.08 Å². The first-order valence-electron chi connectivity index (χ1n) is 13.8. The number of benzene rings is 2. The van der Waals surface area contributed by atoms with Crippen molar-refractivity contribution >= 4 is 18.0 Å². The molecular weight excluding hydrogens is 505 g/mol. The molecule has 3 atom stereocenters. The van der Waals surface area contributed by atoms with E-state index in [0.29, 0.717) is 17.2 Å². The second kappa shape index (κ2) is 11.2. The van der Waals surface area contributed by atoms with E-state index in [4.69, 9.17) is 4.74 Å². The summed E-state index contributed by atoms with van der Waals surface area (Å²) >= 11 is 0. The standard InChI is InChI=1S/C31H35F3N2O3/c1-21(37)39-28-7-3-5-24(17-28)30-14-15-36(19-23-8-9-23)20-26(30)11-12-27(18-30)35-29(38)13-10-22-4-2-6-25(16-22)31(32,33)34/h2-7,10,13,16-17,23,26-27H,8-9,11-12,14-15,18-20H2,1H3,(H,35,38). The summed E-state index contributed by atoms with van der Waals surface area (Å²) in [6, 6.07) is 12.7. The number of alkyl halides is 3. The van der Waals surface area contributed by atoms with Gasteiger partial charge in [-0.25, -0.2) is 0 Å². The molecule has 2 aromatic rings. The normalized spacial score (nSPS) is 25.7. The van der Waals surface area contributed by atoms with Crippen molar-refractivity contribution in [2.45, 2.75) is 63.1 Å². The molecule has 1 aliphatic heterocycles.